The summed E-state index contributed by atoms with van der Waals surface area (Å²) in [6.45, 7) is 1.79. The second-order valence-electron chi connectivity index (χ2n) is 7.85. The molecular formula is C22H25N5O3S2. The van der Waals surface area contributed by atoms with E-state index in [0.29, 0.717) is 16.8 Å². The van der Waals surface area contributed by atoms with E-state index in [4.69, 9.17) is 0 Å². The van der Waals surface area contributed by atoms with Crippen LogP contribution in [0.25, 0.3) is 5.69 Å². The molecule has 0 saturated heterocycles. The number of hydrogen-bond acceptors (Lipinski definition) is 6. The van der Waals surface area contributed by atoms with Crippen LogP contribution >= 0.6 is 11.8 Å². The molecule has 3 aromatic rings. The lowest BCUT2D eigenvalue weighted by atomic mass is 10.3. The molecule has 1 heterocycles. The van der Waals surface area contributed by atoms with Crippen molar-refractivity contribution in [2.75, 3.05) is 19.4 Å². The normalized spacial score (nSPS) is 15.0. The first-order valence-corrected chi connectivity index (χ1v) is 12.6. The van der Waals surface area contributed by atoms with E-state index in [-0.39, 0.29) is 10.8 Å². The van der Waals surface area contributed by atoms with Gasteiger partial charge in [-0.05, 0) is 50.1 Å². The summed E-state index contributed by atoms with van der Waals surface area (Å²) in [7, 11) is -0.644. The van der Waals surface area contributed by atoms with Crippen molar-refractivity contribution in [3.63, 3.8) is 0 Å². The van der Waals surface area contributed by atoms with Crippen LogP contribution in [0.4, 0.5) is 5.69 Å². The second-order valence-corrected chi connectivity index (χ2v) is 11.3. The summed E-state index contributed by atoms with van der Waals surface area (Å²) < 4.78 is 27.9. The van der Waals surface area contributed by atoms with Crippen LogP contribution in [-0.4, -0.2) is 52.7 Å². The van der Waals surface area contributed by atoms with E-state index in [2.05, 4.69) is 15.5 Å². The molecule has 8 nitrogen and oxygen atoms in total. The molecule has 1 aliphatic rings. The zero-order chi connectivity index (χ0) is 22.9. The Morgan fingerprint density at radius 3 is 2.50 bits per heavy atom. The summed E-state index contributed by atoms with van der Waals surface area (Å²) >= 11 is 1.32. The van der Waals surface area contributed by atoms with Crippen LogP contribution < -0.4 is 5.32 Å². The van der Waals surface area contributed by atoms with E-state index in [9.17, 15) is 13.2 Å². The van der Waals surface area contributed by atoms with Crippen LogP contribution in [0.3, 0.4) is 0 Å². The fourth-order valence-corrected chi connectivity index (χ4v) is 5.01. The number of carbonyl (C=O) groups excluding carboxylic acids is 1. The van der Waals surface area contributed by atoms with Crippen molar-refractivity contribution in [2.24, 2.45) is 0 Å². The Morgan fingerprint density at radius 1 is 1.12 bits per heavy atom. The Labute approximate surface area is 192 Å². The predicted molar refractivity (Wildman–Crippen MR) is 125 cm³/mol. The molecule has 0 aliphatic heterocycles. The first-order valence-electron chi connectivity index (χ1n) is 10.3. The smallest absolute Gasteiger partial charge is 0.242 e. The fraction of sp³-hybridized carbons (Fsp3) is 0.318. The van der Waals surface area contributed by atoms with Crippen molar-refractivity contribution in [2.45, 2.75) is 41.0 Å². The molecule has 1 atom stereocenters. The molecule has 0 bridgehead atoms. The van der Waals surface area contributed by atoms with Gasteiger partial charge in [0.2, 0.25) is 15.9 Å². The maximum atomic E-state index is 12.9. The zero-order valence-electron chi connectivity index (χ0n) is 18.1. The highest BCUT2D eigenvalue weighted by atomic mass is 32.2. The Balaban J connectivity index is 1.52. The molecule has 1 N–H and O–H groups in total. The van der Waals surface area contributed by atoms with Crippen LogP contribution in [0.15, 0.2) is 64.6 Å². The number of anilines is 1. The van der Waals surface area contributed by atoms with Gasteiger partial charge in [-0.2, -0.15) is 0 Å². The summed E-state index contributed by atoms with van der Waals surface area (Å²) in [5.74, 6) is 1.08. The molecule has 0 spiro atoms. The number of para-hydroxylation sites is 1. The molecule has 1 saturated carbocycles. The Bertz CT molecular complexity index is 1220. The second kappa shape index (κ2) is 9.05. The van der Waals surface area contributed by atoms with Crippen molar-refractivity contribution in [3.8, 4) is 5.69 Å². The molecule has 0 radical (unpaired) electrons. The van der Waals surface area contributed by atoms with Gasteiger partial charge in [0.15, 0.2) is 5.16 Å². The number of sulfonamides is 1. The Morgan fingerprint density at radius 2 is 1.84 bits per heavy atom. The highest BCUT2D eigenvalue weighted by Gasteiger charge is 2.32. The minimum atomic E-state index is -3.58. The number of nitrogens with one attached hydrogen (secondary N) is 1. The molecule has 168 valence electrons. The number of rotatable bonds is 8. The third-order valence-corrected chi connectivity index (χ3v) is 8.00. The minimum Gasteiger partial charge on any atom is -0.325 e. The summed E-state index contributed by atoms with van der Waals surface area (Å²) in [4.78, 5) is 13.0. The molecule has 4 rings (SSSR count). The van der Waals surface area contributed by atoms with Crippen molar-refractivity contribution in [1.29, 1.82) is 0 Å². The third kappa shape index (κ3) is 4.72. The SMILES string of the molecule is CC(Sc1nnc(C2CC2)n1-c1ccccc1)C(=O)Nc1cccc(S(=O)(=O)N(C)C)c1. The van der Waals surface area contributed by atoms with Crippen molar-refractivity contribution >= 4 is 33.4 Å². The van der Waals surface area contributed by atoms with Gasteiger partial charge in [-0.1, -0.05) is 36.0 Å². The van der Waals surface area contributed by atoms with Gasteiger partial charge in [-0.3, -0.25) is 9.36 Å². The van der Waals surface area contributed by atoms with Crippen molar-refractivity contribution < 1.29 is 13.2 Å². The summed E-state index contributed by atoms with van der Waals surface area (Å²) in [5, 5.41) is 11.8. The molecule has 1 fully saturated rings. The van der Waals surface area contributed by atoms with Gasteiger partial charge in [0, 0.05) is 31.4 Å². The first-order chi connectivity index (χ1) is 15.3. The van der Waals surface area contributed by atoms with Crippen molar-refractivity contribution in [3.05, 3.63) is 60.4 Å². The van der Waals surface area contributed by atoms with Crippen LogP contribution in [0.5, 0.6) is 0 Å². The maximum Gasteiger partial charge on any atom is 0.242 e. The van der Waals surface area contributed by atoms with Crippen molar-refractivity contribution in [1.82, 2.24) is 19.1 Å². The Hall–Kier alpha value is -2.69. The number of carbonyl (C=O) groups is 1. The number of amides is 1. The minimum absolute atomic E-state index is 0.124. The van der Waals surface area contributed by atoms with E-state index < -0.39 is 15.3 Å². The van der Waals surface area contributed by atoms with E-state index in [1.165, 1.54) is 38.0 Å². The third-order valence-electron chi connectivity index (χ3n) is 5.15. The lowest BCUT2D eigenvalue weighted by Gasteiger charge is -2.15. The van der Waals surface area contributed by atoms with Gasteiger partial charge in [-0.25, -0.2) is 12.7 Å². The summed E-state index contributed by atoms with van der Waals surface area (Å²) in [6.07, 6.45) is 2.19. The van der Waals surface area contributed by atoms with Crippen LogP contribution in [-0.2, 0) is 14.8 Å². The largest absolute Gasteiger partial charge is 0.325 e. The summed E-state index contributed by atoms with van der Waals surface area (Å²) in [6, 6.07) is 16.1. The quantitative estimate of drug-likeness (QED) is 0.505. The lowest BCUT2D eigenvalue weighted by Crippen LogP contribution is -2.24. The van der Waals surface area contributed by atoms with Gasteiger partial charge < -0.3 is 5.32 Å². The van der Waals surface area contributed by atoms with E-state index in [0.717, 1.165) is 28.7 Å². The monoisotopic (exact) mass is 471 g/mol. The molecule has 2 aromatic carbocycles. The van der Waals surface area contributed by atoms with E-state index in [1.54, 1.807) is 19.1 Å². The molecule has 1 amide bonds. The number of hydrogen-bond donors (Lipinski definition) is 1. The van der Waals surface area contributed by atoms with Gasteiger partial charge in [0.1, 0.15) is 5.82 Å². The number of benzene rings is 2. The Kier molecular flexibility index (Phi) is 6.36. The standard InChI is InChI=1S/C22H25N5O3S2/c1-15(21(28)23-17-8-7-11-19(14-17)32(29,30)26(2)3)31-22-25-24-20(16-12-13-16)27(22)18-9-5-4-6-10-18/h4-11,14-16H,12-13H2,1-3H3,(H,23,28). The van der Waals surface area contributed by atoms with Crippen LogP contribution in [0, 0.1) is 0 Å². The highest BCUT2D eigenvalue weighted by molar-refractivity contribution is 8.00. The molecule has 1 unspecified atom stereocenters. The molecule has 1 aliphatic carbocycles. The molecule has 32 heavy (non-hydrogen) atoms. The highest BCUT2D eigenvalue weighted by Crippen LogP contribution is 2.41. The zero-order valence-corrected chi connectivity index (χ0v) is 19.7. The lowest BCUT2D eigenvalue weighted by molar-refractivity contribution is -0.115. The van der Waals surface area contributed by atoms with Gasteiger partial charge in [0.25, 0.3) is 0 Å². The van der Waals surface area contributed by atoms with Gasteiger partial charge in [-0.15, -0.1) is 10.2 Å². The van der Waals surface area contributed by atoms with Gasteiger partial charge >= 0.3 is 0 Å². The molecule has 1 aromatic heterocycles. The predicted octanol–water partition coefficient (Wildman–Crippen LogP) is 3.51. The van der Waals surface area contributed by atoms with E-state index >= 15 is 0 Å². The summed E-state index contributed by atoms with van der Waals surface area (Å²) in [5.41, 5.74) is 1.39. The van der Waals surface area contributed by atoms with Gasteiger partial charge in [0.05, 0.1) is 10.1 Å². The molecular weight excluding hydrogens is 446 g/mol. The number of nitrogens with zero attached hydrogens (tertiary/aromatic N) is 4. The number of thioether (sulfide) groups is 1. The fourth-order valence-electron chi connectivity index (χ4n) is 3.18. The molecule has 10 heteroatoms. The average Bonchev–Trinajstić information content (AvgIpc) is 3.54. The average molecular weight is 472 g/mol. The van der Waals surface area contributed by atoms with E-state index in [1.807, 2.05) is 34.9 Å². The maximum absolute atomic E-state index is 12.9. The topological polar surface area (TPSA) is 97.2 Å². The first kappa shape index (κ1) is 22.5. The number of aromatic nitrogens is 3. The van der Waals surface area contributed by atoms with Crippen LogP contribution in [0.2, 0.25) is 0 Å². The van der Waals surface area contributed by atoms with Crippen LogP contribution in [0.1, 0.15) is 31.5 Å².